The fourth-order valence-corrected chi connectivity index (χ4v) is 5.21. The highest BCUT2D eigenvalue weighted by atomic mass is 32.1. The molecule has 1 aliphatic rings. The van der Waals surface area contributed by atoms with Gasteiger partial charge in [-0.05, 0) is 37.7 Å². The van der Waals surface area contributed by atoms with Crippen LogP contribution in [0.1, 0.15) is 72.8 Å². The topological polar surface area (TPSA) is 172 Å². The maximum atomic E-state index is 13.6. The van der Waals surface area contributed by atoms with Gasteiger partial charge in [0, 0.05) is 42.1 Å². The minimum Gasteiger partial charge on any atom is -0.445 e. The Bertz CT molecular complexity index is 1190. The monoisotopic (exact) mass is 647 g/mol. The van der Waals surface area contributed by atoms with E-state index in [1.165, 1.54) is 6.92 Å². The summed E-state index contributed by atoms with van der Waals surface area (Å²) in [5.74, 6) is -2.10. The van der Waals surface area contributed by atoms with Crippen LogP contribution >= 0.6 is 12.6 Å². The van der Waals surface area contributed by atoms with Crippen molar-refractivity contribution in [3.63, 3.8) is 0 Å². The molecule has 1 fully saturated rings. The summed E-state index contributed by atoms with van der Waals surface area (Å²) in [6.45, 7) is 10.6. The van der Waals surface area contributed by atoms with Gasteiger partial charge in [-0.3, -0.25) is 24.0 Å². The highest BCUT2D eigenvalue weighted by molar-refractivity contribution is 7.81. The van der Waals surface area contributed by atoms with Gasteiger partial charge < -0.3 is 31.3 Å². The summed E-state index contributed by atoms with van der Waals surface area (Å²) in [7, 11) is 0. The van der Waals surface area contributed by atoms with Gasteiger partial charge in [-0.25, -0.2) is 4.79 Å². The Hall–Kier alpha value is -3.61. The number of carbonyl (C=O) groups is 6. The molecule has 5 N–H and O–H groups in total. The fraction of sp³-hybridized carbons (Fsp3) is 0.625. The first-order valence-electron chi connectivity index (χ1n) is 15.4. The Morgan fingerprint density at radius 1 is 1.00 bits per heavy atom. The van der Waals surface area contributed by atoms with E-state index in [2.05, 4.69) is 39.2 Å². The molecule has 13 heteroatoms. The molecule has 1 heterocycles. The Balaban J connectivity index is 2.21. The van der Waals surface area contributed by atoms with E-state index in [1.54, 1.807) is 45.0 Å². The van der Waals surface area contributed by atoms with Crippen LogP contribution in [0.5, 0.6) is 0 Å². The lowest BCUT2D eigenvalue weighted by Crippen LogP contribution is -2.59. The van der Waals surface area contributed by atoms with Gasteiger partial charge in [0.05, 0.1) is 0 Å². The van der Waals surface area contributed by atoms with Gasteiger partial charge in [-0.2, -0.15) is 12.6 Å². The number of hydrogen-bond donors (Lipinski definition) is 6. The summed E-state index contributed by atoms with van der Waals surface area (Å²) >= 11 is 4.58. The molecule has 0 spiro atoms. The summed E-state index contributed by atoms with van der Waals surface area (Å²) in [6.07, 6.45) is 0.376. The SMILES string of the molecule is CC(=O)C[C@H](S)[C@H](C[C@@H]1CCNC1=O)NC(=O)[C@H](CC(C)C)NC(=O)[C@H](CNC(=O)C(C)(C)C)NC(=O)OCc1ccccc1. The highest BCUT2D eigenvalue weighted by Crippen LogP contribution is 2.22. The number of benzene rings is 1. The number of carbonyl (C=O) groups excluding carboxylic acids is 6. The van der Waals surface area contributed by atoms with Gasteiger partial charge in [0.25, 0.3) is 0 Å². The van der Waals surface area contributed by atoms with E-state index in [1.807, 2.05) is 19.9 Å². The lowest BCUT2D eigenvalue weighted by Gasteiger charge is -2.30. The second-order valence-electron chi connectivity index (χ2n) is 13.0. The van der Waals surface area contributed by atoms with Gasteiger partial charge in [0.2, 0.25) is 23.6 Å². The Kier molecular flexibility index (Phi) is 14.8. The van der Waals surface area contributed by atoms with Crippen LogP contribution in [-0.4, -0.2) is 72.0 Å². The van der Waals surface area contributed by atoms with Crippen LogP contribution < -0.4 is 26.6 Å². The summed E-state index contributed by atoms with van der Waals surface area (Å²) in [5.41, 5.74) is 0.00363. The molecule has 5 atom stereocenters. The molecule has 1 saturated heterocycles. The molecule has 5 amide bonds. The van der Waals surface area contributed by atoms with Crippen LogP contribution in [-0.2, 0) is 35.3 Å². The summed E-state index contributed by atoms with van der Waals surface area (Å²) in [5, 5.41) is 13.1. The van der Waals surface area contributed by atoms with Crippen LogP contribution in [0, 0.1) is 17.3 Å². The third-order valence-electron chi connectivity index (χ3n) is 7.30. The Labute approximate surface area is 271 Å². The number of Topliss-reactive ketones (excluding diaryl/α,β-unsaturated/α-hetero) is 1. The zero-order chi connectivity index (χ0) is 33.7. The van der Waals surface area contributed by atoms with Crippen molar-refractivity contribution in [3.05, 3.63) is 35.9 Å². The average Bonchev–Trinajstić information content (AvgIpc) is 3.36. The number of nitrogens with one attached hydrogen (secondary N) is 5. The lowest BCUT2D eigenvalue weighted by atomic mass is 9.93. The Morgan fingerprint density at radius 2 is 1.64 bits per heavy atom. The number of rotatable bonds is 16. The molecule has 0 saturated carbocycles. The normalized spacial score (nSPS) is 17.3. The quantitative estimate of drug-likeness (QED) is 0.149. The number of amides is 5. The number of thiol groups is 1. The molecule has 0 unspecified atom stereocenters. The molecule has 0 bridgehead atoms. The van der Waals surface area contributed by atoms with E-state index in [9.17, 15) is 28.8 Å². The molecule has 250 valence electrons. The molecule has 0 radical (unpaired) electrons. The van der Waals surface area contributed by atoms with E-state index < -0.39 is 46.7 Å². The molecule has 0 aromatic heterocycles. The first-order chi connectivity index (χ1) is 21.1. The minimum absolute atomic E-state index is 0.00744. The molecule has 1 aromatic carbocycles. The second-order valence-corrected chi connectivity index (χ2v) is 13.7. The van der Waals surface area contributed by atoms with E-state index in [4.69, 9.17) is 4.74 Å². The van der Waals surface area contributed by atoms with Crippen LogP contribution in [0.2, 0.25) is 0 Å². The van der Waals surface area contributed by atoms with Gasteiger partial charge >= 0.3 is 6.09 Å². The van der Waals surface area contributed by atoms with Crippen molar-refractivity contribution in [3.8, 4) is 0 Å². The van der Waals surface area contributed by atoms with E-state index >= 15 is 0 Å². The zero-order valence-corrected chi connectivity index (χ0v) is 28.0. The number of ketones is 1. The molecular weight excluding hydrogens is 598 g/mol. The zero-order valence-electron chi connectivity index (χ0n) is 27.1. The third-order valence-corrected chi connectivity index (χ3v) is 7.84. The van der Waals surface area contributed by atoms with Crippen molar-refractivity contribution in [2.24, 2.45) is 17.3 Å². The van der Waals surface area contributed by atoms with Gasteiger partial charge in [0.15, 0.2) is 0 Å². The summed E-state index contributed by atoms with van der Waals surface area (Å²) in [4.78, 5) is 76.6. The largest absolute Gasteiger partial charge is 0.445 e. The fourth-order valence-electron chi connectivity index (χ4n) is 4.76. The van der Waals surface area contributed by atoms with Gasteiger partial charge in [-0.1, -0.05) is 65.0 Å². The maximum Gasteiger partial charge on any atom is 0.408 e. The molecule has 45 heavy (non-hydrogen) atoms. The van der Waals surface area contributed by atoms with Gasteiger partial charge in [-0.15, -0.1) is 0 Å². The first-order valence-corrected chi connectivity index (χ1v) is 15.9. The van der Waals surface area contributed by atoms with Crippen LogP contribution in [0.15, 0.2) is 30.3 Å². The van der Waals surface area contributed by atoms with Crippen LogP contribution in [0.3, 0.4) is 0 Å². The van der Waals surface area contributed by atoms with Crippen molar-refractivity contribution >= 4 is 48.1 Å². The number of alkyl carbamates (subject to hydrolysis) is 1. The summed E-state index contributed by atoms with van der Waals surface area (Å²) in [6, 6.07) is 6.13. The van der Waals surface area contributed by atoms with Crippen LogP contribution in [0.25, 0.3) is 0 Å². The van der Waals surface area contributed by atoms with Crippen molar-refractivity contribution in [2.45, 2.75) is 97.2 Å². The second kappa shape index (κ2) is 17.8. The smallest absolute Gasteiger partial charge is 0.408 e. The standard InChI is InChI=1S/C32H49N5O7S/c1-19(2)14-24(28(40)35-23(26(45)15-20(3)38)16-22-12-13-33-27(22)39)36-29(41)25(17-34-30(42)32(4,5)6)37-31(43)44-18-21-10-8-7-9-11-21/h7-11,19,22-26,45H,12-18H2,1-6H3,(H,33,39)(H,34,42)(H,35,40)(H,36,41)(H,37,43)/t22-,23-,24-,25-,26-/m0/s1. The maximum absolute atomic E-state index is 13.6. The molecule has 1 aromatic rings. The predicted octanol–water partition coefficient (Wildman–Crippen LogP) is 2.26. The molecule has 0 aliphatic carbocycles. The predicted molar refractivity (Wildman–Crippen MR) is 173 cm³/mol. The molecule has 12 nitrogen and oxygen atoms in total. The summed E-state index contributed by atoms with van der Waals surface area (Å²) < 4.78 is 5.29. The van der Waals surface area contributed by atoms with E-state index in [0.717, 1.165) is 5.56 Å². The van der Waals surface area contributed by atoms with Crippen molar-refractivity contribution in [1.82, 2.24) is 26.6 Å². The lowest BCUT2D eigenvalue weighted by molar-refractivity contribution is -0.132. The van der Waals surface area contributed by atoms with Gasteiger partial charge in [0.1, 0.15) is 24.5 Å². The third kappa shape index (κ3) is 13.5. The minimum atomic E-state index is -1.25. The van der Waals surface area contributed by atoms with Crippen LogP contribution in [0.4, 0.5) is 4.79 Å². The van der Waals surface area contributed by atoms with Crippen molar-refractivity contribution < 1.29 is 33.5 Å². The highest BCUT2D eigenvalue weighted by Gasteiger charge is 2.34. The van der Waals surface area contributed by atoms with Crippen molar-refractivity contribution in [1.29, 1.82) is 0 Å². The Morgan fingerprint density at radius 3 is 2.20 bits per heavy atom. The molecule has 1 aliphatic heterocycles. The van der Waals surface area contributed by atoms with E-state index in [-0.39, 0.29) is 61.8 Å². The van der Waals surface area contributed by atoms with E-state index in [0.29, 0.717) is 13.0 Å². The number of hydrogen-bond acceptors (Lipinski definition) is 8. The first kappa shape index (κ1) is 37.6. The van der Waals surface area contributed by atoms with Crippen molar-refractivity contribution in [2.75, 3.05) is 13.1 Å². The number of ether oxygens (including phenoxy) is 1. The molecule has 2 rings (SSSR count). The molecular formula is C32H49N5O7S. The average molecular weight is 648 g/mol.